The zero-order valence-corrected chi connectivity index (χ0v) is 16.1. The normalized spacial score (nSPS) is 13.3. The molecule has 0 radical (unpaired) electrons. The molecule has 0 aliphatic carbocycles. The molecular formula is C25H22N2O2. The molecule has 0 saturated heterocycles. The number of hydrogen-bond donors (Lipinski definition) is 1. The van der Waals surface area contributed by atoms with E-state index in [1.54, 1.807) is 0 Å². The molecule has 3 aromatic carbocycles. The number of ether oxygens (including phenoxy) is 1. The van der Waals surface area contributed by atoms with Crippen LogP contribution in [0.4, 0.5) is 0 Å². The second-order valence-electron chi connectivity index (χ2n) is 7.40. The Bertz CT molecular complexity index is 1150. The highest BCUT2D eigenvalue weighted by atomic mass is 16.5. The number of benzene rings is 3. The lowest BCUT2D eigenvalue weighted by Gasteiger charge is -2.27. The Balaban J connectivity index is 1.28. The molecule has 1 aromatic heterocycles. The minimum Gasteiger partial charge on any atom is -0.489 e. The fourth-order valence-corrected chi connectivity index (χ4v) is 3.95. The number of rotatable bonds is 4. The van der Waals surface area contributed by atoms with Gasteiger partial charge in [0.1, 0.15) is 12.4 Å². The van der Waals surface area contributed by atoms with Crippen molar-refractivity contribution in [3.8, 4) is 5.75 Å². The molecule has 4 heteroatoms. The third-order valence-corrected chi connectivity index (χ3v) is 5.52. The summed E-state index contributed by atoms with van der Waals surface area (Å²) in [6, 6.07) is 25.8. The third-order valence-electron chi connectivity index (χ3n) is 5.52. The summed E-state index contributed by atoms with van der Waals surface area (Å²) in [5, 5.41) is 1.22. The van der Waals surface area contributed by atoms with Crippen LogP contribution in [-0.4, -0.2) is 22.3 Å². The fourth-order valence-electron chi connectivity index (χ4n) is 3.95. The molecule has 0 atom stereocenters. The molecule has 0 spiro atoms. The maximum absolute atomic E-state index is 13.0. The first-order valence-corrected chi connectivity index (χ1v) is 9.92. The van der Waals surface area contributed by atoms with Crippen molar-refractivity contribution in [2.24, 2.45) is 0 Å². The van der Waals surface area contributed by atoms with Gasteiger partial charge in [-0.3, -0.25) is 4.79 Å². The van der Waals surface area contributed by atoms with Gasteiger partial charge in [0.05, 0.1) is 0 Å². The van der Waals surface area contributed by atoms with Crippen molar-refractivity contribution in [3.05, 3.63) is 101 Å². The quantitative estimate of drug-likeness (QED) is 0.543. The number of para-hydroxylation sites is 2. The summed E-state index contributed by atoms with van der Waals surface area (Å²) in [4.78, 5) is 18.5. The van der Waals surface area contributed by atoms with E-state index in [2.05, 4.69) is 17.1 Å². The monoisotopic (exact) mass is 382 g/mol. The first kappa shape index (κ1) is 17.6. The highest BCUT2D eigenvalue weighted by Crippen LogP contribution is 2.28. The van der Waals surface area contributed by atoms with Crippen molar-refractivity contribution in [1.82, 2.24) is 9.88 Å². The summed E-state index contributed by atoms with van der Waals surface area (Å²) in [7, 11) is 0. The molecule has 0 unspecified atom stereocenters. The Morgan fingerprint density at radius 3 is 2.52 bits per heavy atom. The predicted octanol–water partition coefficient (Wildman–Crippen LogP) is 4.95. The number of H-pyrrole nitrogens is 1. The van der Waals surface area contributed by atoms with Crippen LogP contribution in [0.15, 0.2) is 78.9 Å². The summed E-state index contributed by atoms with van der Waals surface area (Å²) in [6.45, 7) is 1.87. The van der Waals surface area contributed by atoms with Crippen LogP contribution in [-0.2, 0) is 19.6 Å². The third kappa shape index (κ3) is 3.49. The van der Waals surface area contributed by atoms with Gasteiger partial charge in [0.2, 0.25) is 0 Å². The summed E-state index contributed by atoms with van der Waals surface area (Å²) in [5.41, 5.74) is 5.41. The van der Waals surface area contributed by atoms with Gasteiger partial charge in [-0.1, -0.05) is 48.5 Å². The molecule has 4 aromatic rings. The van der Waals surface area contributed by atoms with Crippen LogP contribution in [0.5, 0.6) is 5.75 Å². The minimum absolute atomic E-state index is 0.0801. The zero-order chi connectivity index (χ0) is 19.6. The number of nitrogens with zero attached hydrogens (tertiary/aromatic N) is 1. The molecule has 0 saturated carbocycles. The second kappa shape index (κ2) is 7.47. The van der Waals surface area contributed by atoms with Gasteiger partial charge in [-0.25, -0.2) is 0 Å². The second-order valence-corrected chi connectivity index (χ2v) is 7.40. The van der Waals surface area contributed by atoms with E-state index in [0.29, 0.717) is 13.2 Å². The molecule has 0 bridgehead atoms. The summed E-state index contributed by atoms with van der Waals surface area (Å²) < 4.78 is 5.78. The van der Waals surface area contributed by atoms with Gasteiger partial charge >= 0.3 is 0 Å². The van der Waals surface area contributed by atoms with Gasteiger partial charge in [-0.15, -0.1) is 0 Å². The number of carbonyl (C=O) groups is 1. The van der Waals surface area contributed by atoms with Gasteiger partial charge in [-0.05, 0) is 35.9 Å². The van der Waals surface area contributed by atoms with Crippen molar-refractivity contribution in [2.75, 3.05) is 6.54 Å². The van der Waals surface area contributed by atoms with Gasteiger partial charge in [0, 0.05) is 47.2 Å². The number of fused-ring (bicyclic) bond motifs is 3. The summed E-state index contributed by atoms with van der Waals surface area (Å²) >= 11 is 0. The Hall–Kier alpha value is -3.53. The number of amides is 1. The van der Waals surface area contributed by atoms with Crippen LogP contribution in [0.2, 0.25) is 0 Å². The van der Waals surface area contributed by atoms with E-state index in [0.717, 1.165) is 35.4 Å². The van der Waals surface area contributed by atoms with E-state index in [1.165, 1.54) is 16.6 Å². The van der Waals surface area contributed by atoms with E-state index in [4.69, 9.17) is 4.74 Å². The van der Waals surface area contributed by atoms with Gasteiger partial charge < -0.3 is 14.6 Å². The van der Waals surface area contributed by atoms with Crippen LogP contribution in [0, 0.1) is 0 Å². The summed E-state index contributed by atoms with van der Waals surface area (Å²) in [6.07, 6.45) is 0.860. The first-order valence-electron chi connectivity index (χ1n) is 9.92. The molecule has 5 rings (SSSR count). The molecule has 4 nitrogen and oxygen atoms in total. The molecule has 144 valence electrons. The number of hydrogen-bond acceptors (Lipinski definition) is 2. The standard InChI is InChI=1S/C25H22N2O2/c28-25(19-12-10-18(11-13-19)17-29-20-6-2-1-3-7-20)27-15-14-24-22(16-27)21-8-4-5-9-23(21)26-24/h1-13,26H,14-17H2. The Kier molecular flexibility index (Phi) is 4.53. The molecule has 1 aliphatic rings. The van der Waals surface area contributed by atoms with E-state index >= 15 is 0 Å². The van der Waals surface area contributed by atoms with Gasteiger partial charge in [0.25, 0.3) is 5.91 Å². The van der Waals surface area contributed by atoms with Crippen molar-refractivity contribution < 1.29 is 9.53 Å². The molecule has 0 fully saturated rings. The van der Waals surface area contributed by atoms with Crippen LogP contribution < -0.4 is 4.74 Å². The molecule has 1 aliphatic heterocycles. The molecular weight excluding hydrogens is 360 g/mol. The Morgan fingerprint density at radius 2 is 1.69 bits per heavy atom. The van der Waals surface area contributed by atoms with E-state index in [-0.39, 0.29) is 5.91 Å². The topological polar surface area (TPSA) is 45.3 Å². The maximum Gasteiger partial charge on any atom is 0.254 e. The molecule has 2 heterocycles. The average Bonchev–Trinajstić information content (AvgIpc) is 3.16. The zero-order valence-electron chi connectivity index (χ0n) is 16.1. The van der Waals surface area contributed by atoms with Gasteiger partial charge in [-0.2, -0.15) is 0 Å². The highest BCUT2D eigenvalue weighted by molar-refractivity contribution is 5.95. The Labute approximate surface area is 169 Å². The van der Waals surface area contributed by atoms with Crippen LogP contribution >= 0.6 is 0 Å². The van der Waals surface area contributed by atoms with E-state index in [9.17, 15) is 4.79 Å². The van der Waals surface area contributed by atoms with Crippen molar-refractivity contribution in [1.29, 1.82) is 0 Å². The number of aromatic amines is 1. The lowest BCUT2D eigenvalue weighted by Crippen LogP contribution is -2.35. The number of aromatic nitrogens is 1. The van der Waals surface area contributed by atoms with Crippen LogP contribution in [0.3, 0.4) is 0 Å². The SMILES string of the molecule is O=C(c1ccc(COc2ccccc2)cc1)N1CCc2[nH]c3ccccc3c2C1. The minimum atomic E-state index is 0.0801. The lowest BCUT2D eigenvalue weighted by atomic mass is 10.0. The highest BCUT2D eigenvalue weighted by Gasteiger charge is 2.24. The van der Waals surface area contributed by atoms with E-state index in [1.807, 2.05) is 71.6 Å². The van der Waals surface area contributed by atoms with Crippen LogP contribution in [0.25, 0.3) is 10.9 Å². The number of nitrogens with one attached hydrogen (secondary N) is 1. The predicted molar refractivity (Wildman–Crippen MR) is 114 cm³/mol. The largest absolute Gasteiger partial charge is 0.489 e. The summed E-state index contributed by atoms with van der Waals surface area (Å²) in [5.74, 6) is 0.923. The Morgan fingerprint density at radius 1 is 0.931 bits per heavy atom. The van der Waals surface area contributed by atoms with Crippen molar-refractivity contribution in [3.63, 3.8) is 0 Å². The van der Waals surface area contributed by atoms with Gasteiger partial charge in [0.15, 0.2) is 0 Å². The molecule has 1 amide bonds. The molecule has 29 heavy (non-hydrogen) atoms. The molecule has 1 N–H and O–H groups in total. The fraction of sp³-hybridized carbons (Fsp3) is 0.160. The van der Waals surface area contributed by atoms with Crippen molar-refractivity contribution in [2.45, 2.75) is 19.6 Å². The van der Waals surface area contributed by atoms with Crippen LogP contribution in [0.1, 0.15) is 27.2 Å². The average molecular weight is 382 g/mol. The lowest BCUT2D eigenvalue weighted by molar-refractivity contribution is 0.0735. The maximum atomic E-state index is 13.0. The smallest absolute Gasteiger partial charge is 0.254 e. The first-order chi connectivity index (χ1) is 14.3. The van der Waals surface area contributed by atoms with E-state index < -0.39 is 0 Å². The van der Waals surface area contributed by atoms with Crippen molar-refractivity contribution >= 4 is 16.8 Å². The number of carbonyl (C=O) groups excluding carboxylic acids is 1.